The van der Waals surface area contributed by atoms with Crippen molar-refractivity contribution in [2.75, 3.05) is 25.7 Å². The van der Waals surface area contributed by atoms with Crippen LogP contribution in [0.1, 0.15) is 37.5 Å². The molecule has 0 bridgehead atoms. The van der Waals surface area contributed by atoms with Crippen molar-refractivity contribution in [3.05, 3.63) is 41.5 Å². The van der Waals surface area contributed by atoms with Gasteiger partial charge in [0.15, 0.2) is 5.82 Å². The molecule has 4 rings (SSSR count). The van der Waals surface area contributed by atoms with E-state index in [0.29, 0.717) is 30.2 Å². The van der Waals surface area contributed by atoms with E-state index in [-0.39, 0.29) is 49.3 Å². The Morgan fingerprint density at radius 1 is 1.07 bits per heavy atom. The molecule has 0 radical (unpaired) electrons. The molecule has 212 valence electrons. The monoisotopic (exact) mass is 552 g/mol. The molecule has 3 atom stereocenters. The van der Waals surface area contributed by atoms with Crippen molar-refractivity contribution in [1.29, 1.82) is 0 Å². The molecule has 0 fully saturated rings. The minimum Gasteiger partial charge on any atom is -0.467 e. The molecule has 0 saturated carbocycles. The summed E-state index contributed by atoms with van der Waals surface area (Å²) in [7, 11) is 2.86. The number of carbonyl (C=O) groups is 3. The van der Waals surface area contributed by atoms with Gasteiger partial charge in [0.2, 0.25) is 17.7 Å². The highest BCUT2D eigenvalue weighted by atomic mass is 16.5. The zero-order valence-corrected chi connectivity index (χ0v) is 22.7. The standard InChI is InChI=1S/C25H32N10O5/c1-5-14(2)16(11-19-28-24(39-3)30-25(29-19)40-4)22(37)27-13-21(36)35-17-9-7-6-8-15(17)10-18(35)23(38)26-12-20-31-33-34-32-20/h6-9,14,16,18H,5,10-13H2,1-4H3,(H,26,38)(H,27,37)(H,31,32,33,34)/t14-,16-,18-/m0/s1. The van der Waals surface area contributed by atoms with Gasteiger partial charge < -0.3 is 20.1 Å². The van der Waals surface area contributed by atoms with Crippen LogP contribution in [0.5, 0.6) is 12.0 Å². The van der Waals surface area contributed by atoms with Gasteiger partial charge in [-0.1, -0.05) is 43.7 Å². The molecule has 40 heavy (non-hydrogen) atoms. The summed E-state index contributed by atoms with van der Waals surface area (Å²) < 4.78 is 10.2. The van der Waals surface area contributed by atoms with E-state index in [1.807, 2.05) is 26.0 Å². The Hall–Kier alpha value is -4.69. The molecule has 0 spiro atoms. The molecule has 0 saturated heterocycles. The number of nitrogens with one attached hydrogen (secondary N) is 3. The molecule has 1 aromatic carbocycles. The summed E-state index contributed by atoms with van der Waals surface area (Å²) in [6, 6.07) is 6.68. The summed E-state index contributed by atoms with van der Waals surface area (Å²) in [6.07, 6.45) is 1.25. The average Bonchev–Trinajstić information content (AvgIpc) is 3.64. The molecular weight excluding hydrogens is 520 g/mol. The molecule has 15 heteroatoms. The van der Waals surface area contributed by atoms with Gasteiger partial charge in [-0.2, -0.15) is 15.2 Å². The lowest BCUT2D eigenvalue weighted by Gasteiger charge is -2.26. The first kappa shape index (κ1) is 28.3. The first-order valence-electron chi connectivity index (χ1n) is 12.8. The third kappa shape index (κ3) is 6.47. The third-order valence-electron chi connectivity index (χ3n) is 6.85. The van der Waals surface area contributed by atoms with Gasteiger partial charge in [-0.25, -0.2) is 0 Å². The number of aromatic amines is 1. The average molecular weight is 553 g/mol. The topological polar surface area (TPSA) is 190 Å². The second-order valence-corrected chi connectivity index (χ2v) is 9.30. The number of nitrogens with zero attached hydrogens (tertiary/aromatic N) is 7. The van der Waals surface area contributed by atoms with Crippen LogP contribution in [-0.4, -0.2) is 80.1 Å². The second kappa shape index (κ2) is 12.9. The Bertz CT molecular complexity index is 1310. The first-order chi connectivity index (χ1) is 19.3. The lowest BCUT2D eigenvalue weighted by atomic mass is 9.88. The Morgan fingerprint density at radius 2 is 1.80 bits per heavy atom. The molecule has 3 amide bonds. The smallest absolute Gasteiger partial charge is 0.322 e. The van der Waals surface area contributed by atoms with Gasteiger partial charge >= 0.3 is 12.0 Å². The van der Waals surface area contributed by atoms with E-state index in [0.717, 1.165) is 5.56 Å². The van der Waals surface area contributed by atoms with Gasteiger partial charge in [0.1, 0.15) is 11.9 Å². The summed E-state index contributed by atoms with van der Waals surface area (Å²) >= 11 is 0. The predicted molar refractivity (Wildman–Crippen MR) is 140 cm³/mol. The van der Waals surface area contributed by atoms with Crippen LogP contribution in [0, 0.1) is 11.8 Å². The van der Waals surface area contributed by atoms with Crippen molar-refractivity contribution in [2.45, 2.75) is 45.7 Å². The maximum Gasteiger partial charge on any atom is 0.322 e. The van der Waals surface area contributed by atoms with E-state index in [1.54, 1.807) is 12.1 Å². The summed E-state index contributed by atoms with van der Waals surface area (Å²) in [5.74, 6) is -1.03. The van der Waals surface area contributed by atoms with E-state index in [9.17, 15) is 14.4 Å². The van der Waals surface area contributed by atoms with E-state index < -0.39 is 17.9 Å². The number of rotatable bonds is 12. The molecule has 2 aromatic heterocycles. The molecule has 1 aliphatic heterocycles. The van der Waals surface area contributed by atoms with Crippen LogP contribution >= 0.6 is 0 Å². The van der Waals surface area contributed by atoms with Crippen molar-refractivity contribution in [1.82, 2.24) is 46.2 Å². The normalized spacial score (nSPS) is 15.6. The number of ether oxygens (including phenoxy) is 2. The van der Waals surface area contributed by atoms with Crippen molar-refractivity contribution in [3.8, 4) is 12.0 Å². The number of aromatic nitrogens is 7. The number of hydrogen-bond acceptors (Lipinski definition) is 11. The molecule has 1 aliphatic rings. The van der Waals surface area contributed by atoms with Crippen LogP contribution in [0.4, 0.5) is 5.69 Å². The minimum atomic E-state index is -0.788. The van der Waals surface area contributed by atoms with Gasteiger partial charge in [-0.3, -0.25) is 19.3 Å². The van der Waals surface area contributed by atoms with Gasteiger partial charge in [0, 0.05) is 24.4 Å². The zero-order valence-electron chi connectivity index (χ0n) is 22.7. The predicted octanol–water partition coefficient (Wildman–Crippen LogP) is -0.00280. The third-order valence-corrected chi connectivity index (χ3v) is 6.85. The second-order valence-electron chi connectivity index (χ2n) is 9.30. The Labute approximate surface area is 230 Å². The quantitative estimate of drug-likeness (QED) is 0.274. The fraction of sp³-hybridized carbons (Fsp3) is 0.480. The number of fused-ring (bicyclic) bond motifs is 1. The highest BCUT2D eigenvalue weighted by Gasteiger charge is 2.38. The van der Waals surface area contributed by atoms with E-state index in [1.165, 1.54) is 19.1 Å². The SMILES string of the molecule is CC[C@H](C)[C@H](Cc1nc(OC)nc(OC)n1)C(=O)NCC(=O)N1c2ccccc2C[C@H]1C(=O)NCc1nn[nH]n1. The van der Waals surface area contributed by atoms with Crippen LogP contribution in [0.2, 0.25) is 0 Å². The Balaban J connectivity index is 1.46. The van der Waals surface area contributed by atoms with E-state index in [2.05, 4.69) is 46.2 Å². The van der Waals surface area contributed by atoms with E-state index in [4.69, 9.17) is 9.47 Å². The van der Waals surface area contributed by atoms with Gasteiger partial charge in [0.05, 0.1) is 27.3 Å². The van der Waals surface area contributed by atoms with Crippen LogP contribution in [-0.2, 0) is 33.8 Å². The van der Waals surface area contributed by atoms with Crippen LogP contribution in [0.15, 0.2) is 24.3 Å². The Kier molecular flexibility index (Phi) is 9.14. The number of carbonyl (C=O) groups excluding carboxylic acids is 3. The number of anilines is 1. The number of methoxy groups -OCH3 is 2. The first-order valence-corrected chi connectivity index (χ1v) is 12.8. The number of benzene rings is 1. The number of H-pyrrole nitrogens is 1. The van der Waals surface area contributed by atoms with Gasteiger partial charge in [0.25, 0.3) is 0 Å². The van der Waals surface area contributed by atoms with Crippen molar-refractivity contribution >= 4 is 23.4 Å². The summed E-state index contributed by atoms with van der Waals surface area (Å²) in [6.45, 7) is 3.69. The largest absolute Gasteiger partial charge is 0.467 e. The molecule has 0 unspecified atom stereocenters. The summed E-state index contributed by atoms with van der Waals surface area (Å²) in [5.41, 5.74) is 1.49. The molecule has 15 nitrogen and oxygen atoms in total. The molecule has 3 N–H and O–H groups in total. The van der Waals surface area contributed by atoms with Gasteiger partial charge in [-0.15, -0.1) is 15.2 Å². The van der Waals surface area contributed by atoms with Crippen molar-refractivity contribution in [2.24, 2.45) is 11.8 Å². The lowest BCUT2D eigenvalue weighted by Crippen LogP contribution is -2.51. The summed E-state index contributed by atoms with van der Waals surface area (Å²) in [5, 5.41) is 19.0. The fourth-order valence-electron chi connectivity index (χ4n) is 4.51. The molecule has 0 aliphatic carbocycles. The number of amides is 3. The highest BCUT2D eigenvalue weighted by molar-refractivity contribution is 6.05. The number of tetrazole rings is 1. The number of hydrogen-bond donors (Lipinski definition) is 3. The fourth-order valence-corrected chi connectivity index (χ4v) is 4.51. The molecular formula is C25H32N10O5. The molecule has 3 aromatic rings. The maximum absolute atomic E-state index is 13.5. The van der Waals surface area contributed by atoms with Crippen LogP contribution in [0.3, 0.4) is 0 Å². The number of para-hydroxylation sites is 1. The van der Waals surface area contributed by atoms with Crippen molar-refractivity contribution < 1.29 is 23.9 Å². The van der Waals surface area contributed by atoms with Gasteiger partial charge in [-0.05, 0) is 17.5 Å². The lowest BCUT2D eigenvalue weighted by molar-refractivity contribution is -0.129. The zero-order chi connectivity index (χ0) is 28.6. The summed E-state index contributed by atoms with van der Waals surface area (Å²) in [4.78, 5) is 53.8. The van der Waals surface area contributed by atoms with E-state index >= 15 is 0 Å². The molecule has 3 heterocycles. The Morgan fingerprint density at radius 3 is 2.45 bits per heavy atom. The van der Waals surface area contributed by atoms with Crippen molar-refractivity contribution in [3.63, 3.8) is 0 Å². The van der Waals surface area contributed by atoms with Crippen LogP contribution < -0.4 is 25.0 Å². The highest BCUT2D eigenvalue weighted by Crippen LogP contribution is 2.32. The minimum absolute atomic E-state index is 0.0416. The van der Waals surface area contributed by atoms with Crippen LogP contribution in [0.25, 0.3) is 0 Å². The maximum atomic E-state index is 13.5.